The molecule has 0 atom stereocenters. The van der Waals surface area contributed by atoms with Crippen molar-refractivity contribution in [3.63, 3.8) is 0 Å². The van der Waals surface area contributed by atoms with Crippen molar-refractivity contribution < 1.29 is 9.47 Å². The lowest BCUT2D eigenvalue weighted by atomic mass is 9.99. The summed E-state index contributed by atoms with van der Waals surface area (Å²) in [4.78, 5) is 0. The molecule has 1 aromatic carbocycles. The average Bonchev–Trinajstić information content (AvgIpc) is 2.80. The van der Waals surface area contributed by atoms with Gasteiger partial charge in [0.05, 0.1) is 24.8 Å². The monoisotopic (exact) mass is 217 g/mol. The van der Waals surface area contributed by atoms with E-state index in [1.807, 2.05) is 18.2 Å². The topological polar surface area (TPSA) is 42.2 Å². The molecule has 0 saturated carbocycles. The number of rotatable bonds is 3. The Morgan fingerprint density at radius 1 is 1.38 bits per heavy atom. The van der Waals surface area contributed by atoms with Crippen LogP contribution in [0.25, 0.3) is 0 Å². The van der Waals surface area contributed by atoms with Gasteiger partial charge in [0.1, 0.15) is 0 Å². The highest BCUT2D eigenvalue weighted by atomic mass is 16.7. The second-order valence-electron chi connectivity index (χ2n) is 3.89. The predicted octanol–water partition coefficient (Wildman–Crippen LogP) is 2.56. The van der Waals surface area contributed by atoms with E-state index in [4.69, 9.17) is 14.7 Å². The largest absolute Gasteiger partial charge is 0.343 e. The molecule has 2 rings (SSSR count). The minimum atomic E-state index is -0.623. The first-order chi connectivity index (χ1) is 7.80. The fraction of sp³-hybridized carbons (Fsp3) is 0.462. The molecule has 1 fully saturated rings. The molecular formula is C13H15NO2. The summed E-state index contributed by atoms with van der Waals surface area (Å²) in [6.07, 6.45) is 1.80. The third-order valence-electron chi connectivity index (χ3n) is 2.76. The third kappa shape index (κ3) is 1.95. The summed E-state index contributed by atoms with van der Waals surface area (Å²) in [5.41, 5.74) is 1.60. The predicted molar refractivity (Wildman–Crippen MR) is 59.6 cm³/mol. The van der Waals surface area contributed by atoms with Gasteiger partial charge in [-0.25, -0.2) is 0 Å². The molecule has 3 heteroatoms. The quantitative estimate of drug-likeness (QED) is 0.781. The molecule has 1 aromatic rings. The van der Waals surface area contributed by atoms with Crippen LogP contribution in [0, 0.1) is 11.3 Å². The second kappa shape index (κ2) is 4.65. The third-order valence-corrected chi connectivity index (χ3v) is 2.76. The summed E-state index contributed by atoms with van der Waals surface area (Å²) < 4.78 is 11.5. The summed E-state index contributed by atoms with van der Waals surface area (Å²) in [6.45, 7) is 3.34. The smallest absolute Gasteiger partial charge is 0.195 e. The summed E-state index contributed by atoms with van der Waals surface area (Å²) in [7, 11) is 0. The van der Waals surface area contributed by atoms with Crippen LogP contribution in [0.15, 0.2) is 24.3 Å². The molecule has 1 aliphatic rings. The Morgan fingerprint density at radius 2 is 2.12 bits per heavy atom. The minimum absolute atomic E-state index is 0.622. The number of hydrogen-bond donors (Lipinski definition) is 0. The molecule has 0 amide bonds. The fourth-order valence-electron chi connectivity index (χ4n) is 2.06. The Labute approximate surface area is 95.6 Å². The molecule has 16 heavy (non-hydrogen) atoms. The molecule has 0 spiro atoms. The summed E-state index contributed by atoms with van der Waals surface area (Å²) in [5, 5.41) is 8.89. The Morgan fingerprint density at radius 3 is 2.75 bits per heavy atom. The van der Waals surface area contributed by atoms with Gasteiger partial charge in [0, 0.05) is 12.0 Å². The molecule has 0 N–H and O–H groups in total. The lowest BCUT2D eigenvalue weighted by molar-refractivity contribution is -0.170. The maximum Gasteiger partial charge on any atom is 0.195 e. The molecule has 3 nitrogen and oxygen atoms in total. The van der Waals surface area contributed by atoms with Crippen molar-refractivity contribution in [1.82, 2.24) is 0 Å². The van der Waals surface area contributed by atoms with Gasteiger partial charge in [0.15, 0.2) is 5.79 Å². The van der Waals surface area contributed by atoms with Crippen molar-refractivity contribution >= 4 is 0 Å². The lowest BCUT2D eigenvalue weighted by Crippen LogP contribution is -2.26. The van der Waals surface area contributed by atoms with E-state index in [2.05, 4.69) is 13.0 Å². The van der Waals surface area contributed by atoms with Gasteiger partial charge in [0.2, 0.25) is 0 Å². The van der Waals surface area contributed by atoms with Crippen LogP contribution >= 0.6 is 0 Å². The zero-order chi connectivity index (χ0) is 11.4. The van der Waals surface area contributed by atoms with Crippen molar-refractivity contribution in [1.29, 1.82) is 5.26 Å². The van der Waals surface area contributed by atoms with E-state index in [-0.39, 0.29) is 0 Å². The van der Waals surface area contributed by atoms with Crippen LogP contribution < -0.4 is 0 Å². The Balaban J connectivity index is 2.35. The molecule has 0 radical (unpaired) electrons. The van der Waals surface area contributed by atoms with Gasteiger partial charge < -0.3 is 9.47 Å². The maximum absolute atomic E-state index is 8.89. The first-order valence-electron chi connectivity index (χ1n) is 5.59. The molecule has 0 bridgehead atoms. The second-order valence-corrected chi connectivity index (χ2v) is 3.89. The lowest BCUT2D eigenvalue weighted by Gasteiger charge is -2.27. The number of ether oxygens (including phenoxy) is 2. The Bertz CT molecular complexity index is 403. The Kier molecular flexibility index (Phi) is 3.23. The van der Waals surface area contributed by atoms with E-state index < -0.39 is 5.79 Å². The van der Waals surface area contributed by atoms with Gasteiger partial charge >= 0.3 is 0 Å². The molecule has 0 aliphatic carbocycles. The van der Waals surface area contributed by atoms with Crippen LogP contribution in [0.2, 0.25) is 0 Å². The van der Waals surface area contributed by atoms with Gasteiger partial charge in [-0.05, 0) is 12.1 Å². The molecule has 1 heterocycles. The van der Waals surface area contributed by atoms with E-state index in [0.29, 0.717) is 18.8 Å². The van der Waals surface area contributed by atoms with E-state index in [0.717, 1.165) is 18.4 Å². The van der Waals surface area contributed by atoms with Crippen LogP contribution in [0.3, 0.4) is 0 Å². The summed E-state index contributed by atoms with van der Waals surface area (Å²) in [5.74, 6) is -0.623. The average molecular weight is 217 g/mol. The summed E-state index contributed by atoms with van der Waals surface area (Å²) in [6, 6.07) is 9.61. The van der Waals surface area contributed by atoms with Gasteiger partial charge in [-0.2, -0.15) is 5.26 Å². The van der Waals surface area contributed by atoms with E-state index >= 15 is 0 Å². The van der Waals surface area contributed by atoms with E-state index in [9.17, 15) is 0 Å². The number of benzene rings is 1. The summed E-state index contributed by atoms with van der Waals surface area (Å²) >= 11 is 0. The van der Waals surface area contributed by atoms with Gasteiger partial charge in [-0.3, -0.25) is 0 Å². The standard InChI is InChI=1S/C13H15NO2/c1-2-6-13(15-7-8-16-13)12-5-3-4-11(9-12)10-14/h3-5,9H,2,6-8H2,1H3. The molecule has 84 valence electrons. The van der Waals surface area contributed by atoms with Crippen LogP contribution in [0.1, 0.15) is 30.9 Å². The van der Waals surface area contributed by atoms with E-state index in [1.165, 1.54) is 0 Å². The fourth-order valence-corrected chi connectivity index (χ4v) is 2.06. The van der Waals surface area contributed by atoms with Gasteiger partial charge in [-0.1, -0.05) is 25.5 Å². The van der Waals surface area contributed by atoms with Gasteiger partial charge in [-0.15, -0.1) is 0 Å². The van der Waals surface area contributed by atoms with Crippen molar-refractivity contribution in [2.45, 2.75) is 25.6 Å². The highest BCUT2D eigenvalue weighted by Crippen LogP contribution is 2.36. The molecule has 1 saturated heterocycles. The van der Waals surface area contributed by atoms with Crippen LogP contribution in [-0.4, -0.2) is 13.2 Å². The van der Waals surface area contributed by atoms with Crippen molar-refractivity contribution in [2.75, 3.05) is 13.2 Å². The Hall–Kier alpha value is -1.37. The minimum Gasteiger partial charge on any atom is -0.343 e. The van der Waals surface area contributed by atoms with E-state index in [1.54, 1.807) is 6.07 Å². The van der Waals surface area contributed by atoms with Crippen LogP contribution in [0.5, 0.6) is 0 Å². The number of hydrogen-bond acceptors (Lipinski definition) is 3. The zero-order valence-corrected chi connectivity index (χ0v) is 9.40. The van der Waals surface area contributed by atoms with Crippen LogP contribution in [-0.2, 0) is 15.3 Å². The van der Waals surface area contributed by atoms with Crippen molar-refractivity contribution in [2.24, 2.45) is 0 Å². The SMILES string of the molecule is CCCC1(c2cccc(C#N)c2)OCCO1. The van der Waals surface area contributed by atoms with Crippen molar-refractivity contribution in [3.05, 3.63) is 35.4 Å². The van der Waals surface area contributed by atoms with Crippen LogP contribution in [0.4, 0.5) is 0 Å². The normalized spacial score (nSPS) is 18.2. The maximum atomic E-state index is 8.89. The highest BCUT2D eigenvalue weighted by Gasteiger charge is 2.37. The van der Waals surface area contributed by atoms with Crippen molar-refractivity contribution in [3.8, 4) is 6.07 Å². The van der Waals surface area contributed by atoms with Gasteiger partial charge in [0.25, 0.3) is 0 Å². The molecule has 1 aliphatic heterocycles. The molecule has 0 unspecified atom stereocenters. The number of nitrogens with zero attached hydrogens (tertiary/aromatic N) is 1. The molecular weight excluding hydrogens is 202 g/mol. The first-order valence-corrected chi connectivity index (χ1v) is 5.59. The zero-order valence-electron chi connectivity index (χ0n) is 9.40. The number of nitriles is 1. The highest BCUT2D eigenvalue weighted by molar-refractivity contribution is 5.35. The molecule has 0 aromatic heterocycles. The first kappa shape index (κ1) is 11.1.